The second-order valence-electron chi connectivity index (χ2n) is 4.57. The quantitative estimate of drug-likeness (QED) is 0.742. The molecule has 2 aromatic rings. The first kappa shape index (κ1) is 16.5. The van der Waals surface area contributed by atoms with Gasteiger partial charge in [0.1, 0.15) is 5.75 Å². The highest BCUT2D eigenvalue weighted by Gasteiger charge is 2.12. The van der Waals surface area contributed by atoms with Gasteiger partial charge in [-0.3, -0.25) is 0 Å². The van der Waals surface area contributed by atoms with Crippen LogP contribution in [0.15, 0.2) is 25.6 Å². The Morgan fingerprint density at radius 1 is 1.24 bits per heavy atom. The summed E-state index contributed by atoms with van der Waals surface area (Å²) in [5, 5.41) is 3.90. The lowest BCUT2D eigenvalue weighted by Crippen LogP contribution is -2.03. The number of aromatic nitrogens is 2. The second kappa shape index (κ2) is 7.91. The van der Waals surface area contributed by atoms with E-state index in [4.69, 9.17) is 15.0 Å². The Balaban J connectivity index is 2.05. The van der Waals surface area contributed by atoms with Gasteiger partial charge in [0.05, 0.1) is 8.95 Å². The van der Waals surface area contributed by atoms with E-state index in [0.717, 1.165) is 33.8 Å². The predicted molar refractivity (Wildman–Crippen MR) is 87.2 cm³/mol. The normalized spacial score (nSPS) is 10.9. The van der Waals surface area contributed by atoms with Crippen LogP contribution in [-0.2, 0) is 19.4 Å². The van der Waals surface area contributed by atoms with Gasteiger partial charge in [-0.1, -0.05) is 12.1 Å². The molecule has 2 rings (SSSR count). The van der Waals surface area contributed by atoms with E-state index >= 15 is 0 Å². The van der Waals surface area contributed by atoms with Crippen LogP contribution in [0, 0.1) is 0 Å². The molecule has 0 radical (unpaired) electrons. The molecule has 0 unspecified atom stereocenters. The van der Waals surface area contributed by atoms with Crippen molar-refractivity contribution in [1.29, 1.82) is 0 Å². The van der Waals surface area contributed by atoms with Crippen LogP contribution in [0.3, 0.4) is 0 Å². The molecule has 21 heavy (non-hydrogen) atoms. The van der Waals surface area contributed by atoms with Crippen LogP contribution in [-0.4, -0.2) is 16.7 Å². The first-order valence-electron chi connectivity index (χ1n) is 6.76. The molecule has 0 aliphatic heterocycles. The number of halogens is 2. The van der Waals surface area contributed by atoms with Crippen LogP contribution < -0.4 is 10.5 Å². The summed E-state index contributed by atoms with van der Waals surface area (Å²) >= 11 is 7.02. The van der Waals surface area contributed by atoms with Crippen molar-refractivity contribution < 1.29 is 9.26 Å². The van der Waals surface area contributed by atoms with Gasteiger partial charge in [-0.15, -0.1) is 0 Å². The van der Waals surface area contributed by atoms with Crippen LogP contribution in [0.25, 0.3) is 0 Å². The van der Waals surface area contributed by atoms with E-state index in [0.29, 0.717) is 24.0 Å². The number of hydrogen-bond donors (Lipinski definition) is 1. The number of rotatable bonds is 7. The van der Waals surface area contributed by atoms with Crippen LogP contribution >= 0.6 is 31.9 Å². The van der Waals surface area contributed by atoms with E-state index in [9.17, 15) is 0 Å². The molecule has 0 bridgehead atoms. The number of hydrogen-bond acceptors (Lipinski definition) is 5. The Morgan fingerprint density at radius 2 is 1.95 bits per heavy atom. The zero-order valence-electron chi connectivity index (χ0n) is 11.7. The molecule has 2 N–H and O–H groups in total. The van der Waals surface area contributed by atoms with Gasteiger partial charge < -0.3 is 15.0 Å². The average Bonchev–Trinajstić information content (AvgIpc) is 2.86. The third kappa shape index (κ3) is 4.52. The van der Waals surface area contributed by atoms with Gasteiger partial charge in [-0.05, 0) is 68.9 Å². The van der Waals surface area contributed by atoms with Gasteiger partial charge >= 0.3 is 0 Å². The zero-order valence-corrected chi connectivity index (χ0v) is 14.9. The summed E-state index contributed by atoms with van der Waals surface area (Å²) in [6.07, 6.45) is 2.62. The SMILES string of the molecule is CCCc1noc(COc2c(Br)cc(CCN)cc2Br)n1. The number of ether oxygens (including phenoxy) is 1. The minimum absolute atomic E-state index is 0.240. The van der Waals surface area contributed by atoms with Gasteiger partial charge in [-0.2, -0.15) is 4.98 Å². The van der Waals surface area contributed by atoms with Crippen molar-refractivity contribution in [1.82, 2.24) is 10.1 Å². The molecular weight excluding hydrogens is 402 g/mol. The number of aryl methyl sites for hydroxylation is 1. The summed E-state index contributed by atoms with van der Waals surface area (Å²) in [7, 11) is 0. The lowest BCUT2D eigenvalue weighted by atomic mass is 10.1. The van der Waals surface area contributed by atoms with E-state index < -0.39 is 0 Å². The first-order chi connectivity index (χ1) is 10.1. The van der Waals surface area contributed by atoms with E-state index in [-0.39, 0.29) is 6.61 Å². The Kier molecular flexibility index (Phi) is 6.20. The molecule has 0 aliphatic rings. The Morgan fingerprint density at radius 3 is 2.57 bits per heavy atom. The maximum absolute atomic E-state index is 5.76. The molecule has 0 fully saturated rings. The highest BCUT2D eigenvalue weighted by Crippen LogP contribution is 2.35. The van der Waals surface area contributed by atoms with E-state index in [1.54, 1.807) is 0 Å². The smallest absolute Gasteiger partial charge is 0.264 e. The van der Waals surface area contributed by atoms with Crippen molar-refractivity contribution in [2.24, 2.45) is 5.73 Å². The van der Waals surface area contributed by atoms with E-state index in [1.165, 1.54) is 0 Å². The minimum atomic E-state index is 0.240. The molecule has 7 heteroatoms. The Bertz CT molecular complexity index is 579. The number of nitrogens with two attached hydrogens (primary N) is 1. The monoisotopic (exact) mass is 417 g/mol. The summed E-state index contributed by atoms with van der Waals surface area (Å²) in [6.45, 7) is 2.93. The molecule has 0 amide bonds. The fourth-order valence-electron chi connectivity index (χ4n) is 1.87. The van der Waals surface area contributed by atoms with Gasteiger partial charge in [0, 0.05) is 6.42 Å². The minimum Gasteiger partial charge on any atom is -0.481 e. The average molecular weight is 419 g/mol. The Hall–Kier alpha value is -0.920. The highest BCUT2D eigenvalue weighted by molar-refractivity contribution is 9.11. The summed E-state index contributed by atoms with van der Waals surface area (Å²) in [5.74, 6) is 1.90. The molecule has 1 aromatic heterocycles. The topological polar surface area (TPSA) is 74.2 Å². The highest BCUT2D eigenvalue weighted by atomic mass is 79.9. The third-order valence-electron chi connectivity index (χ3n) is 2.81. The molecule has 1 aromatic carbocycles. The molecule has 0 aliphatic carbocycles. The standard InChI is InChI=1S/C14H17Br2N3O2/c1-2-3-12-18-13(21-19-12)8-20-14-10(15)6-9(4-5-17)7-11(14)16/h6-7H,2-5,8,17H2,1H3. The van der Waals surface area contributed by atoms with Crippen molar-refractivity contribution >= 4 is 31.9 Å². The van der Waals surface area contributed by atoms with Crippen LogP contribution in [0.4, 0.5) is 0 Å². The maximum Gasteiger partial charge on any atom is 0.264 e. The van der Waals surface area contributed by atoms with Crippen molar-refractivity contribution in [2.75, 3.05) is 6.54 Å². The Labute approximate surface area is 140 Å². The summed E-state index contributed by atoms with van der Waals surface area (Å²) < 4.78 is 12.6. The van der Waals surface area contributed by atoms with Crippen LogP contribution in [0.2, 0.25) is 0 Å². The largest absolute Gasteiger partial charge is 0.481 e. The van der Waals surface area contributed by atoms with Gasteiger partial charge in [0.15, 0.2) is 12.4 Å². The van der Waals surface area contributed by atoms with Crippen LogP contribution in [0.5, 0.6) is 5.75 Å². The third-order valence-corrected chi connectivity index (χ3v) is 3.99. The van der Waals surface area contributed by atoms with Crippen molar-refractivity contribution in [3.63, 3.8) is 0 Å². The molecule has 1 heterocycles. The van der Waals surface area contributed by atoms with Crippen molar-refractivity contribution in [3.8, 4) is 5.75 Å². The van der Waals surface area contributed by atoms with Crippen molar-refractivity contribution in [2.45, 2.75) is 32.8 Å². The molecule has 0 spiro atoms. The lowest BCUT2D eigenvalue weighted by molar-refractivity contribution is 0.240. The fourth-order valence-corrected chi connectivity index (χ4v) is 3.38. The first-order valence-corrected chi connectivity index (χ1v) is 8.34. The van der Waals surface area contributed by atoms with Crippen molar-refractivity contribution in [3.05, 3.63) is 38.4 Å². The molecule has 0 saturated carbocycles. The fraction of sp³-hybridized carbons (Fsp3) is 0.429. The summed E-state index contributed by atoms with van der Waals surface area (Å²) in [6, 6.07) is 4.01. The number of nitrogens with zero attached hydrogens (tertiary/aromatic N) is 2. The van der Waals surface area contributed by atoms with Crippen LogP contribution in [0.1, 0.15) is 30.6 Å². The second-order valence-corrected chi connectivity index (χ2v) is 6.28. The van der Waals surface area contributed by atoms with E-state index in [1.807, 2.05) is 12.1 Å². The molecule has 0 saturated heterocycles. The van der Waals surface area contributed by atoms with E-state index in [2.05, 4.69) is 48.9 Å². The number of benzene rings is 1. The molecular formula is C14H17Br2N3O2. The summed E-state index contributed by atoms with van der Waals surface area (Å²) in [5.41, 5.74) is 6.72. The zero-order chi connectivity index (χ0) is 15.2. The molecule has 0 atom stereocenters. The maximum atomic E-state index is 5.76. The predicted octanol–water partition coefficient (Wildman–Crippen LogP) is 3.63. The van der Waals surface area contributed by atoms with Gasteiger partial charge in [-0.25, -0.2) is 0 Å². The molecule has 5 nitrogen and oxygen atoms in total. The van der Waals surface area contributed by atoms with Gasteiger partial charge in [0.2, 0.25) is 0 Å². The van der Waals surface area contributed by atoms with Gasteiger partial charge in [0.25, 0.3) is 5.89 Å². The summed E-state index contributed by atoms with van der Waals surface area (Å²) in [4.78, 5) is 4.27. The molecule has 114 valence electrons. The lowest BCUT2D eigenvalue weighted by Gasteiger charge is -2.10.